The molecule has 0 fully saturated rings. The van der Waals surface area contributed by atoms with Gasteiger partial charge >= 0.3 is 0 Å². The number of pyridine rings is 2. The summed E-state index contributed by atoms with van der Waals surface area (Å²) in [6, 6.07) is 15.8. The first-order valence-electron chi connectivity index (χ1n) is 15.4. The molecule has 268 valence electrons. The van der Waals surface area contributed by atoms with E-state index in [0.29, 0.717) is 46.1 Å². The number of amides is 1. The Balaban J connectivity index is 0.000000378. The Morgan fingerprint density at radius 2 is 1.55 bits per heavy atom. The van der Waals surface area contributed by atoms with E-state index in [1.54, 1.807) is 36.6 Å². The molecule has 10 nitrogen and oxygen atoms in total. The molecule has 15 heteroatoms. The van der Waals surface area contributed by atoms with Crippen LogP contribution in [-0.4, -0.2) is 57.9 Å². The van der Waals surface area contributed by atoms with Crippen molar-refractivity contribution in [2.45, 2.75) is 13.8 Å². The van der Waals surface area contributed by atoms with Crippen molar-refractivity contribution in [1.82, 2.24) is 15.3 Å². The van der Waals surface area contributed by atoms with Gasteiger partial charge in [-0.3, -0.25) is 9.10 Å². The Bertz CT molecular complexity index is 2190. The molecule has 5 aromatic rings. The monoisotopic (exact) mass is 818 g/mol. The summed E-state index contributed by atoms with van der Waals surface area (Å²) in [5, 5.41) is 3.67. The highest BCUT2D eigenvalue weighted by molar-refractivity contribution is 9.10. The highest BCUT2D eigenvalue weighted by atomic mass is 79.9. The first kappa shape index (κ1) is 39.4. The minimum absolute atomic E-state index is 0.178. The van der Waals surface area contributed by atoms with Gasteiger partial charge < -0.3 is 19.2 Å². The zero-order valence-corrected chi connectivity index (χ0v) is 32.1. The molecule has 2 aromatic carbocycles. The predicted molar refractivity (Wildman–Crippen MR) is 205 cm³/mol. The number of nitrogens with one attached hydrogen (secondary N) is 1. The number of hydrogen-bond acceptors (Lipinski definition) is 8. The molecule has 5 rings (SSSR count). The van der Waals surface area contributed by atoms with Gasteiger partial charge in [-0.25, -0.2) is 22.8 Å². The average molecular weight is 821 g/mol. The van der Waals surface area contributed by atoms with E-state index in [2.05, 4.69) is 31.2 Å². The molecule has 0 unspecified atom stereocenters. The molecule has 0 bridgehead atoms. The van der Waals surface area contributed by atoms with E-state index in [1.807, 2.05) is 26.0 Å². The Hall–Kier alpha value is -4.43. The number of hydrogen-bond donors (Lipinski definition) is 1. The maximum absolute atomic E-state index is 13.6. The lowest BCUT2D eigenvalue weighted by Crippen LogP contribution is -2.25. The van der Waals surface area contributed by atoms with Crippen LogP contribution in [0.25, 0.3) is 45.7 Å². The summed E-state index contributed by atoms with van der Waals surface area (Å²) in [7, 11) is -0.796. The first-order valence-corrected chi connectivity index (χ1v) is 18.8. The van der Waals surface area contributed by atoms with E-state index in [1.165, 1.54) is 50.7 Å². The number of fused-ring (bicyclic) bond motifs is 1. The van der Waals surface area contributed by atoms with Gasteiger partial charge in [0.15, 0.2) is 0 Å². The smallest absolute Gasteiger partial charge is 0.255 e. The molecular weight excluding hydrogens is 786 g/mol. The van der Waals surface area contributed by atoms with E-state index >= 15 is 0 Å². The quantitative estimate of drug-likeness (QED) is 0.103. The fourth-order valence-corrected chi connectivity index (χ4v) is 5.99. The number of carbonyl (C=O) groups is 1. The molecule has 0 atom stereocenters. The number of carbonyl (C=O) groups excluding carboxylic acids is 1. The molecule has 0 spiro atoms. The van der Waals surface area contributed by atoms with Gasteiger partial charge in [0.05, 0.1) is 48.9 Å². The van der Waals surface area contributed by atoms with Crippen LogP contribution in [0.1, 0.15) is 35.3 Å². The summed E-state index contributed by atoms with van der Waals surface area (Å²) in [6.07, 6.45) is 7.65. The van der Waals surface area contributed by atoms with Crippen molar-refractivity contribution in [1.29, 1.82) is 0 Å². The van der Waals surface area contributed by atoms with Gasteiger partial charge in [-0.05, 0) is 96.5 Å². The van der Waals surface area contributed by atoms with E-state index < -0.39 is 21.7 Å². The maximum Gasteiger partial charge on any atom is 0.255 e. The number of nitrogens with zero attached hydrogens (tertiary/aromatic N) is 3. The molecule has 0 saturated carbocycles. The van der Waals surface area contributed by atoms with Crippen LogP contribution >= 0.6 is 39.1 Å². The molecule has 0 saturated heterocycles. The molecule has 1 amide bonds. The predicted octanol–water partition coefficient (Wildman–Crippen LogP) is 9.22. The number of ether oxygens (including phenoxy) is 2. The topological polar surface area (TPSA) is 124 Å². The Morgan fingerprint density at radius 1 is 0.961 bits per heavy atom. The third-order valence-corrected chi connectivity index (χ3v) is 9.46. The number of furan rings is 1. The lowest BCUT2D eigenvalue weighted by molar-refractivity contribution is 0.0964. The highest BCUT2D eigenvalue weighted by Gasteiger charge is 2.26. The van der Waals surface area contributed by atoms with Crippen LogP contribution in [-0.2, 0) is 19.5 Å². The number of sulfonamides is 1. The van der Waals surface area contributed by atoms with Crippen molar-refractivity contribution in [2.75, 3.05) is 37.9 Å². The number of aromatic nitrogens is 2. The van der Waals surface area contributed by atoms with Gasteiger partial charge in [0.2, 0.25) is 10.0 Å². The normalized spacial score (nSPS) is 11.5. The van der Waals surface area contributed by atoms with Gasteiger partial charge in [0.25, 0.3) is 5.91 Å². The number of rotatable bonds is 11. The van der Waals surface area contributed by atoms with Crippen molar-refractivity contribution in [2.24, 2.45) is 0 Å². The Morgan fingerprint density at radius 3 is 2.08 bits per heavy atom. The van der Waals surface area contributed by atoms with E-state index in [4.69, 9.17) is 37.1 Å². The van der Waals surface area contributed by atoms with E-state index in [9.17, 15) is 17.6 Å². The molecule has 0 aliphatic heterocycles. The second kappa shape index (κ2) is 17.7. The van der Waals surface area contributed by atoms with E-state index in [-0.39, 0.29) is 27.7 Å². The molecule has 51 heavy (non-hydrogen) atoms. The second-order valence-corrected chi connectivity index (χ2v) is 14.1. The van der Waals surface area contributed by atoms with Crippen molar-refractivity contribution in [3.63, 3.8) is 0 Å². The molecule has 1 N–H and O–H groups in total. The molecular formula is C36H34BrCl2FN4O6S. The van der Waals surface area contributed by atoms with Crippen molar-refractivity contribution in [3.8, 4) is 22.6 Å². The van der Waals surface area contributed by atoms with Crippen molar-refractivity contribution in [3.05, 3.63) is 111 Å². The number of anilines is 1. The van der Waals surface area contributed by atoms with Crippen molar-refractivity contribution < 1.29 is 31.5 Å². The molecule has 0 radical (unpaired) electrons. The van der Waals surface area contributed by atoms with Crippen LogP contribution in [0.4, 0.5) is 10.1 Å². The minimum atomic E-state index is -3.69. The standard InChI is InChI=1S/C27H25ClFN3O5S.C9H9BrClNO/c1-5-36-13-12-17-8-11-21(31-26(17)28)19-14-20-23(15-22(19)32(3)38(4,34)35)37-25(24(20)27(33)30-2)16-6-9-18(29)10-7-16;1-2-13-6-5-7-3-4-8(10)12-9(7)11/h6-15H,5H2,1-4H3,(H,30,33);3-6H,2H2,1H3/b13-12+;6-5+. The lowest BCUT2D eigenvalue weighted by Gasteiger charge is -2.20. The summed E-state index contributed by atoms with van der Waals surface area (Å²) < 4.78 is 56.8. The summed E-state index contributed by atoms with van der Waals surface area (Å²) >= 11 is 15.5. The van der Waals surface area contributed by atoms with Crippen LogP contribution < -0.4 is 9.62 Å². The van der Waals surface area contributed by atoms with Crippen LogP contribution in [0.15, 0.2) is 82.2 Å². The highest BCUT2D eigenvalue weighted by Crippen LogP contribution is 2.41. The minimum Gasteiger partial charge on any atom is -0.501 e. The van der Waals surface area contributed by atoms with Gasteiger partial charge in [0.1, 0.15) is 32.1 Å². The number of halogens is 4. The fourth-order valence-electron chi connectivity index (χ4n) is 4.63. The summed E-state index contributed by atoms with van der Waals surface area (Å²) in [5.41, 5.74) is 3.46. The number of benzene rings is 2. The summed E-state index contributed by atoms with van der Waals surface area (Å²) in [5.74, 6) is -0.652. The third-order valence-electron chi connectivity index (χ3n) is 7.22. The van der Waals surface area contributed by atoms with Gasteiger partial charge in [-0.1, -0.05) is 23.2 Å². The zero-order valence-electron chi connectivity index (χ0n) is 28.2. The molecule has 0 aliphatic rings. The molecule has 3 heterocycles. The summed E-state index contributed by atoms with van der Waals surface area (Å²) in [6.45, 7) is 4.93. The Kier molecular flexibility index (Phi) is 13.6. The second-order valence-electron chi connectivity index (χ2n) is 10.6. The van der Waals surface area contributed by atoms with Crippen molar-refractivity contribution >= 4 is 83.9 Å². The lowest BCUT2D eigenvalue weighted by atomic mass is 10.0. The SMILES string of the molecule is CCO/C=C/c1ccc(-c2cc3c(C(=O)NC)c(-c4ccc(F)cc4)oc3cc2N(C)S(C)(=O)=O)nc1Cl.CCO/C=C/c1ccc(Br)nc1Cl. The molecule has 0 aliphatic carbocycles. The molecule has 3 aromatic heterocycles. The third kappa shape index (κ3) is 9.88. The van der Waals surface area contributed by atoms with Crippen LogP contribution in [0.5, 0.6) is 0 Å². The van der Waals surface area contributed by atoms with Crippen LogP contribution in [0.2, 0.25) is 10.3 Å². The van der Waals surface area contributed by atoms with Gasteiger partial charge in [0, 0.05) is 47.8 Å². The largest absolute Gasteiger partial charge is 0.501 e. The average Bonchev–Trinajstić information content (AvgIpc) is 3.47. The maximum atomic E-state index is 13.6. The van der Waals surface area contributed by atoms with Crippen LogP contribution in [0, 0.1) is 5.82 Å². The zero-order chi connectivity index (χ0) is 37.3. The van der Waals surface area contributed by atoms with Gasteiger partial charge in [-0.2, -0.15) is 0 Å². The Labute approximate surface area is 314 Å². The fraction of sp³-hybridized carbons (Fsp3) is 0.194. The summed E-state index contributed by atoms with van der Waals surface area (Å²) in [4.78, 5) is 21.5. The van der Waals surface area contributed by atoms with Gasteiger partial charge in [-0.15, -0.1) is 0 Å². The first-order chi connectivity index (χ1) is 24.3. The van der Waals surface area contributed by atoms with Crippen LogP contribution in [0.3, 0.4) is 0 Å². The van der Waals surface area contributed by atoms with E-state index in [0.717, 1.165) is 20.7 Å².